The lowest BCUT2D eigenvalue weighted by Gasteiger charge is -2.10. The maximum atomic E-state index is 11.8. The van der Waals surface area contributed by atoms with E-state index >= 15 is 0 Å². The van der Waals surface area contributed by atoms with Gasteiger partial charge in [-0.3, -0.25) is 9.48 Å². The smallest absolute Gasteiger partial charge is 0.273 e. The Kier molecular flexibility index (Phi) is 4.27. The number of rotatable bonds is 5. The van der Waals surface area contributed by atoms with Gasteiger partial charge in [-0.05, 0) is 25.9 Å². The van der Waals surface area contributed by atoms with Crippen LogP contribution in [0.1, 0.15) is 16.9 Å². The summed E-state index contributed by atoms with van der Waals surface area (Å²) in [5, 5.41) is 10.6. The lowest BCUT2D eigenvalue weighted by Crippen LogP contribution is -2.30. The van der Waals surface area contributed by atoms with Gasteiger partial charge < -0.3 is 16.0 Å². The van der Waals surface area contributed by atoms with Crippen molar-refractivity contribution in [2.45, 2.75) is 13.0 Å². The standard InChI is InChI=1S/C11H20N6O/c1-16-4-2-9(7-16)6-13-11(18)10-8-17(5-3-12)15-14-10/h8-9H,2-7,12H2,1H3,(H,13,18). The molecule has 7 heteroatoms. The number of hydrogen-bond donors (Lipinski definition) is 2. The molecule has 1 saturated heterocycles. The zero-order valence-electron chi connectivity index (χ0n) is 10.7. The number of amides is 1. The molecule has 1 aromatic rings. The zero-order valence-corrected chi connectivity index (χ0v) is 10.7. The Labute approximate surface area is 106 Å². The summed E-state index contributed by atoms with van der Waals surface area (Å²) in [6.07, 6.45) is 2.76. The molecule has 7 nitrogen and oxygen atoms in total. The second kappa shape index (κ2) is 5.92. The molecule has 1 aliphatic rings. The molecule has 3 N–H and O–H groups in total. The van der Waals surface area contributed by atoms with Crippen LogP contribution in [0.25, 0.3) is 0 Å². The Morgan fingerprint density at radius 3 is 3.17 bits per heavy atom. The summed E-state index contributed by atoms with van der Waals surface area (Å²) in [5.74, 6) is 0.380. The van der Waals surface area contributed by atoms with Gasteiger partial charge in [-0.15, -0.1) is 5.10 Å². The van der Waals surface area contributed by atoms with Gasteiger partial charge in [0.1, 0.15) is 0 Å². The van der Waals surface area contributed by atoms with E-state index in [-0.39, 0.29) is 5.91 Å². The fraction of sp³-hybridized carbons (Fsp3) is 0.727. The van der Waals surface area contributed by atoms with Gasteiger partial charge in [-0.25, -0.2) is 0 Å². The number of nitrogens with zero attached hydrogens (tertiary/aromatic N) is 4. The Morgan fingerprint density at radius 2 is 2.50 bits per heavy atom. The van der Waals surface area contributed by atoms with E-state index in [0.717, 1.165) is 19.5 Å². The van der Waals surface area contributed by atoms with Gasteiger partial charge >= 0.3 is 0 Å². The summed E-state index contributed by atoms with van der Waals surface area (Å²) in [7, 11) is 2.10. The SMILES string of the molecule is CN1CCC(CNC(=O)c2cn(CCN)nn2)C1. The number of likely N-dealkylation sites (tertiary alicyclic amines) is 1. The molecule has 1 atom stereocenters. The first kappa shape index (κ1) is 13.0. The summed E-state index contributed by atoms with van der Waals surface area (Å²) >= 11 is 0. The first-order chi connectivity index (χ1) is 8.69. The third-order valence-electron chi connectivity index (χ3n) is 3.17. The highest BCUT2D eigenvalue weighted by Gasteiger charge is 2.20. The number of aromatic nitrogens is 3. The Balaban J connectivity index is 1.80. The largest absolute Gasteiger partial charge is 0.350 e. The molecule has 1 amide bonds. The molecule has 18 heavy (non-hydrogen) atoms. The summed E-state index contributed by atoms with van der Waals surface area (Å²) < 4.78 is 1.58. The monoisotopic (exact) mass is 252 g/mol. The van der Waals surface area contributed by atoms with Crippen LogP contribution in [0.4, 0.5) is 0 Å². The van der Waals surface area contributed by atoms with Crippen LogP contribution in [0.2, 0.25) is 0 Å². The van der Waals surface area contributed by atoms with Crippen molar-refractivity contribution in [1.82, 2.24) is 25.2 Å². The molecule has 1 aromatic heterocycles. The van der Waals surface area contributed by atoms with Crippen molar-refractivity contribution in [3.05, 3.63) is 11.9 Å². The first-order valence-electron chi connectivity index (χ1n) is 6.26. The van der Waals surface area contributed by atoms with Crippen LogP contribution in [0.5, 0.6) is 0 Å². The highest BCUT2D eigenvalue weighted by molar-refractivity contribution is 5.91. The number of hydrogen-bond acceptors (Lipinski definition) is 5. The van der Waals surface area contributed by atoms with Crippen molar-refractivity contribution in [2.75, 3.05) is 33.2 Å². The number of carbonyl (C=O) groups is 1. The van der Waals surface area contributed by atoms with E-state index < -0.39 is 0 Å². The normalized spacial score (nSPS) is 20.2. The molecule has 1 aliphatic heterocycles. The lowest BCUT2D eigenvalue weighted by molar-refractivity contribution is 0.0942. The highest BCUT2D eigenvalue weighted by atomic mass is 16.2. The Bertz CT molecular complexity index is 404. The molecule has 0 spiro atoms. The van der Waals surface area contributed by atoms with Gasteiger partial charge in [0.2, 0.25) is 0 Å². The van der Waals surface area contributed by atoms with Gasteiger partial charge in [0, 0.05) is 19.6 Å². The van der Waals surface area contributed by atoms with Crippen molar-refractivity contribution in [1.29, 1.82) is 0 Å². The van der Waals surface area contributed by atoms with Crippen LogP contribution in [0.3, 0.4) is 0 Å². The maximum Gasteiger partial charge on any atom is 0.273 e. The molecule has 2 rings (SSSR count). The van der Waals surface area contributed by atoms with Crippen LogP contribution in [-0.2, 0) is 6.54 Å². The number of nitrogens with one attached hydrogen (secondary N) is 1. The number of nitrogens with two attached hydrogens (primary N) is 1. The van der Waals surface area contributed by atoms with Crippen LogP contribution in [-0.4, -0.2) is 59.0 Å². The van der Waals surface area contributed by atoms with Gasteiger partial charge in [-0.2, -0.15) is 0 Å². The number of carbonyl (C=O) groups excluding carboxylic acids is 1. The quantitative estimate of drug-likeness (QED) is 0.695. The van der Waals surface area contributed by atoms with Gasteiger partial charge in [0.05, 0.1) is 12.7 Å². The highest BCUT2D eigenvalue weighted by Crippen LogP contribution is 2.12. The van der Waals surface area contributed by atoms with Crippen LogP contribution >= 0.6 is 0 Å². The second-order valence-corrected chi connectivity index (χ2v) is 4.78. The summed E-state index contributed by atoms with van der Waals surface area (Å²) in [4.78, 5) is 14.1. The van der Waals surface area contributed by atoms with Crippen LogP contribution in [0.15, 0.2) is 6.20 Å². The van der Waals surface area contributed by atoms with E-state index in [2.05, 4.69) is 27.6 Å². The van der Waals surface area contributed by atoms with E-state index in [4.69, 9.17) is 5.73 Å². The van der Waals surface area contributed by atoms with Crippen molar-refractivity contribution in [3.63, 3.8) is 0 Å². The molecule has 0 radical (unpaired) electrons. The summed E-state index contributed by atoms with van der Waals surface area (Å²) in [6.45, 7) is 3.91. The van der Waals surface area contributed by atoms with Crippen LogP contribution in [0, 0.1) is 5.92 Å². The zero-order chi connectivity index (χ0) is 13.0. The fourth-order valence-corrected chi connectivity index (χ4v) is 2.16. The van der Waals surface area contributed by atoms with Crippen molar-refractivity contribution >= 4 is 5.91 Å². The molecule has 0 bridgehead atoms. The second-order valence-electron chi connectivity index (χ2n) is 4.78. The Morgan fingerprint density at radius 1 is 1.67 bits per heavy atom. The van der Waals surface area contributed by atoms with Crippen molar-refractivity contribution in [2.24, 2.45) is 11.7 Å². The molecule has 0 saturated carbocycles. The topological polar surface area (TPSA) is 89.1 Å². The van der Waals surface area contributed by atoms with Crippen molar-refractivity contribution in [3.8, 4) is 0 Å². The average molecular weight is 252 g/mol. The van der Waals surface area contributed by atoms with Gasteiger partial charge in [0.25, 0.3) is 5.91 Å². The van der Waals surface area contributed by atoms with Crippen LogP contribution < -0.4 is 11.1 Å². The molecule has 1 fully saturated rings. The predicted octanol–water partition coefficient (Wildman–Crippen LogP) is -1.08. The summed E-state index contributed by atoms with van der Waals surface area (Å²) in [6, 6.07) is 0. The first-order valence-corrected chi connectivity index (χ1v) is 6.26. The maximum absolute atomic E-state index is 11.8. The van der Waals surface area contributed by atoms with Gasteiger partial charge in [0.15, 0.2) is 5.69 Å². The Hall–Kier alpha value is -1.47. The molecular weight excluding hydrogens is 232 g/mol. The van der Waals surface area contributed by atoms with E-state index in [9.17, 15) is 4.79 Å². The van der Waals surface area contributed by atoms with E-state index in [0.29, 0.717) is 31.2 Å². The molecule has 1 unspecified atom stereocenters. The molecule has 100 valence electrons. The van der Waals surface area contributed by atoms with E-state index in [1.807, 2.05) is 0 Å². The summed E-state index contributed by atoms with van der Waals surface area (Å²) in [5.41, 5.74) is 5.76. The van der Waals surface area contributed by atoms with E-state index in [1.165, 1.54) is 0 Å². The fourth-order valence-electron chi connectivity index (χ4n) is 2.16. The minimum Gasteiger partial charge on any atom is -0.350 e. The lowest BCUT2D eigenvalue weighted by atomic mass is 10.1. The minimum atomic E-state index is -0.159. The molecule has 2 heterocycles. The predicted molar refractivity (Wildman–Crippen MR) is 67.0 cm³/mol. The average Bonchev–Trinajstić information content (AvgIpc) is 2.96. The van der Waals surface area contributed by atoms with Crippen molar-refractivity contribution < 1.29 is 4.79 Å². The van der Waals surface area contributed by atoms with E-state index in [1.54, 1.807) is 10.9 Å². The molecular formula is C11H20N6O. The van der Waals surface area contributed by atoms with Gasteiger partial charge in [-0.1, -0.05) is 5.21 Å². The third-order valence-corrected chi connectivity index (χ3v) is 3.17. The minimum absolute atomic E-state index is 0.159. The molecule has 0 aromatic carbocycles. The third kappa shape index (κ3) is 3.27. The molecule has 0 aliphatic carbocycles.